The van der Waals surface area contributed by atoms with Crippen LogP contribution in [0.4, 0.5) is 9.59 Å². The highest BCUT2D eigenvalue weighted by molar-refractivity contribution is 6.08. The Hall–Kier alpha value is -3.72. The average Bonchev–Trinajstić information content (AvgIpc) is 3.21. The Labute approximate surface area is 210 Å². The number of nitrogens with zero attached hydrogens (tertiary/aromatic N) is 2. The molecule has 0 bridgehead atoms. The van der Waals surface area contributed by atoms with Crippen LogP contribution in [0.1, 0.15) is 43.7 Å². The number of hydrogen-bond donors (Lipinski definition) is 3. The van der Waals surface area contributed by atoms with Crippen molar-refractivity contribution in [2.75, 3.05) is 0 Å². The molecule has 4 fully saturated rings. The summed E-state index contributed by atoms with van der Waals surface area (Å²) in [6, 6.07) is 18.5. The van der Waals surface area contributed by atoms with Gasteiger partial charge in [0, 0.05) is 6.04 Å². The maximum absolute atomic E-state index is 12.3. The Morgan fingerprint density at radius 2 is 1.11 bits per heavy atom. The minimum Gasteiger partial charge on any atom is -0.327 e. The summed E-state index contributed by atoms with van der Waals surface area (Å²) in [5.74, 6) is 0.318. The van der Waals surface area contributed by atoms with Crippen molar-refractivity contribution in [2.24, 2.45) is 11.7 Å². The van der Waals surface area contributed by atoms with Crippen LogP contribution in [0.3, 0.4) is 0 Å². The summed E-state index contributed by atoms with van der Waals surface area (Å²) in [7, 11) is 0. The zero-order valence-corrected chi connectivity index (χ0v) is 20.3. The fourth-order valence-corrected chi connectivity index (χ4v) is 5.69. The SMILES string of the molecule is CC1CC2(C1)NC(=O)N(Cc1ccccc1)C2=O.NC1CC2(C1)NC(=O)N(Cc1ccccc1)C2=O. The largest absolute Gasteiger partial charge is 0.327 e. The summed E-state index contributed by atoms with van der Waals surface area (Å²) in [4.78, 5) is 50.9. The van der Waals surface area contributed by atoms with Crippen LogP contribution in [-0.4, -0.2) is 50.8 Å². The van der Waals surface area contributed by atoms with E-state index in [0.29, 0.717) is 31.8 Å². The molecule has 4 N–H and O–H groups in total. The molecule has 2 spiro atoms. The van der Waals surface area contributed by atoms with Crippen molar-refractivity contribution in [3.63, 3.8) is 0 Å². The van der Waals surface area contributed by atoms with E-state index in [0.717, 1.165) is 24.0 Å². The molecular formula is C27H31N5O4. The Kier molecular flexibility index (Phi) is 6.04. The molecular weight excluding hydrogens is 458 g/mol. The Morgan fingerprint density at radius 1 is 0.722 bits per heavy atom. The number of nitrogens with one attached hydrogen (secondary N) is 2. The Morgan fingerprint density at radius 3 is 1.47 bits per heavy atom. The fraction of sp³-hybridized carbons (Fsp3) is 0.407. The standard InChI is InChI=1S/C14H16N2O2.C13H15N3O2/c1-10-7-14(8-10)12(17)16(13(18)15-14)9-11-5-3-2-4-6-11;14-10-6-13(7-10)11(17)16(12(18)15-13)8-9-4-2-1-3-5-9/h2-6,10H,7-9H2,1H3,(H,15,18);1-5,10H,6-8,14H2,(H,15,18). The molecule has 188 valence electrons. The van der Waals surface area contributed by atoms with Crippen LogP contribution < -0.4 is 16.4 Å². The molecule has 2 heterocycles. The van der Waals surface area contributed by atoms with Crippen LogP contribution in [-0.2, 0) is 22.7 Å². The molecule has 0 atom stereocenters. The van der Waals surface area contributed by atoms with Gasteiger partial charge in [0.25, 0.3) is 11.8 Å². The van der Waals surface area contributed by atoms with Gasteiger partial charge in [-0.2, -0.15) is 0 Å². The molecule has 6 rings (SSSR count). The smallest absolute Gasteiger partial charge is 0.325 e. The summed E-state index contributed by atoms with van der Waals surface area (Å²) in [6.45, 7) is 2.79. The van der Waals surface area contributed by atoms with E-state index in [1.165, 1.54) is 9.80 Å². The number of rotatable bonds is 4. The number of benzene rings is 2. The van der Waals surface area contributed by atoms with Gasteiger partial charge in [-0.3, -0.25) is 19.4 Å². The molecule has 9 nitrogen and oxygen atoms in total. The van der Waals surface area contributed by atoms with E-state index in [2.05, 4.69) is 17.6 Å². The molecule has 2 aliphatic heterocycles. The molecule has 0 aromatic heterocycles. The molecule has 36 heavy (non-hydrogen) atoms. The third-order valence-electron chi connectivity index (χ3n) is 7.47. The normalized spacial score (nSPS) is 30.5. The van der Waals surface area contributed by atoms with Gasteiger partial charge in [-0.15, -0.1) is 0 Å². The van der Waals surface area contributed by atoms with Crippen molar-refractivity contribution < 1.29 is 19.2 Å². The van der Waals surface area contributed by atoms with Crippen molar-refractivity contribution in [3.8, 4) is 0 Å². The summed E-state index contributed by atoms with van der Waals surface area (Å²) in [5, 5.41) is 5.63. The molecule has 0 unspecified atom stereocenters. The van der Waals surface area contributed by atoms with Gasteiger partial charge in [-0.25, -0.2) is 9.59 Å². The molecule has 2 aromatic carbocycles. The lowest BCUT2D eigenvalue weighted by Crippen LogP contribution is -2.61. The van der Waals surface area contributed by atoms with Crippen molar-refractivity contribution in [3.05, 3.63) is 71.8 Å². The number of imide groups is 2. The number of carbonyl (C=O) groups is 4. The molecule has 0 radical (unpaired) electrons. The maximum atomic E-state index is 12.3. The highest BCUT2D eigenvalue weighted by Gasteiger charge is 2.58. The first kappa shape index (κ1) is 24.0. The fourth-order valence-electron chi connectivity index (χ4n) is 5.69. The van der Waals surface area contributed by atoms with Gasteiger partial charge in [0.05, 0.1) is 13.1 Å². The van der Waals surface area contributed by atoms with Gasteiger partial charge in [0.15, 0.2) is 0 Å². The second-order valence-electron chi connectivity index (χ2n) is 10.5. The third kappa shape index (κ3) is 4.24. The molecule has 6 amide bonds. The first-order chi connectivity index (χ1) is 17.2. The zero-order valence-electron chi connectivity index (χ0n) is 20.3. The Bertz CT molecular complexity index is 1080. The third-order valence-corrected chi connectivity index (χ3v) is 7.47. The van der Waals surface area contributed by atoms with Crippen molar-refractivity contribution in [1.29, 1.82) is 0 Å². The topological polar surface area (TPSA) is 125 Å². The van der Waals surface area contributed by atoms with Gasteiger partial charge in [0.2, 0.25) is 0 Å². The van der Waals surface area contributed by atoms with Crippen LogP contribution in [0.15, 0.2) is 60.7 Å². The van der Waals surface area contributed by atoms with E-state index in [4.69, 9.17) is 5.73 Å². The van der Waals surface area contributed by atoms with Gasteiger partial charge in [-0.05, 0) is 42.7 Å². The second kappa shape index (κ2) is 9.05. The van der Waals surface area contributed by atoms with E-state index >= 15 is 0 Å². The number of hydrogen-bond acceptors (Lipinski definition) is 5. The lowest BCUT2D eigenvalue weighted by molar-refractivity contribution is -0.136. The van der Waals surface area contributed by atoms with Gasteiger partial charge < -0.3 is 16.4 Å². The first-order valence-corrected chi connectivity index (χ1v) is 12.3. The summed E-state index contributed by atoms with van der Waals surface area (Å²) in [6.07, 6.45) is 2.62. The predicted octanol–water partition coefficient (Wildman–Crippen LogP) is 2.51. The Balaban J connectivity index is 0.000000148. The number of carbonyl (C=O) groups excluding carboxylic acids is 4. The van der Waals surface area contributed by atoms with Crippen LogP contribution in [0.25, 0.3) is 0 Å². The summed E-state index contributed by atoms with van der Waals surface area (Å²) < 4.78 is 0. The lowest BCUT2D eigenvalue weighted by atomic mass is 9.69. The van der Waals surface area contributed by atoms with Crippen LogP contribution >= 0.6 is 0 Å². The van der Waals surface area contributed by atoms with Crippen LogP contribution in [0.2, 0.25) is 0 Å². The number of urea groups is 2. The minimum absolute atomic E-state index is 0.0194. The summed E-state index contributed by atoms with van der Waals surface area (Å²) >= 11 is 0. The number of nitrogens with two attached hydrogens (primary N) is 1. The molecule has 9 heteroatoms. The monoisotopic (exact) mass is 489 g/mol. The van der Waals surface area contributed by atoms with Crippen molar-refractivity contribution >= 4 is 23.9 Å². The first-order valence-electron chi connectivity index (χ1n) is 12.3. The second-order valence-corrected chi connectivity index (χ2v) is 10.5. The average molecular weight is 490 g/mol. The van der Waals surface area contributed by atoms with Crippen LogP contribution in [0, 0.1) is 5.92 Å². The quantitative estimate of drug-likeness (QED) is 0.569. The van der Waals surface area contributed by atoms with E-state index in [9.17, 15) is 19.2 Å². The molecule has 2 saturated heterocycles. The van der Waals surface area contributed by atoms with E-state index in [-0.39, 0.29) is 29.9 Å². The highest BCUT2D eigenvalue weighted by Crippen LogP contribution is 2.42. The minimum atomic E-state index is -0.717. The van der Waals surface area contributed by atoms with E-state index < -0.39 is 11.1 Å². The van der Waals surface area contributed by atoms with Gasteiger partial charge in [0.1, 0.15) is 11.1 Å². The predicted molar refractivity (Wildman–Crippen MR) is 132 cm³/mol. The van der Waals surface area contributed by atoms with Crippen LogP contribution in [0.5, 0.6) is 0 Å². The summed E-state index contributed by atoms with van der Waals surface area (Å²) in [5.41, 5.74) is 6.33. The maximum Gasteiger partial charge on any atom is 0.325 e. The highest BCUT2D eigenvalue weighted by atomic mass is 16.2. The molecule has 4 aliphatic rings. The van der Waals surface area contributed by atoms with E-state index in [1.807, 2.05) is 60.7 Å². The van der Waals surface area contributed by atoms with Crippen molar-refractivity contribution in [2.45, 2.75) is 62.8 Å². The van der Waals surface area contributed by atoms with Gasteiger partial charge >= 0.3 is 12.1 Å². The molecule has 2 aliphatic carbocycles. The number of amides is 6. The van der Waals surface area contributed by atoms with Gasteiger partial charge in [-0.1, -0.05) is 67.6 Å². The lowest BCUT2D eigenvalue weighted by Gasteiger charge is -2.40. The molecule has 2 saturated carbocycles. The molecule has 2 aromatic rings. The van der Waals surface area contributed by atoms with Crippen molar-refractivity contribution in [1.82, 2.24) is 20.4 Å². The zero-order chi connectivity index (χ0) is 25.5. The van der Waals surface area contributed by atoms with E-state index in [1.54, 1.807) is 0 Å².